The SMILES string of the molecule is N#CC1CN1.N#CC1CN1C(=O)NC(=O)C(Cl)(Cl)Cl. The molecule has 2 saturated heterocycles. The molecule has 0 spiro atoms. The molecule has 2 aliphatic heterocycles. The van der Waals surface area contributed by atoms with Gasteiger partial charge in [0.2, 0.25) is 0 Å². The molecule has 2 aliphatic rings. The van der Waals surface area contributed by atoms with Gasteiger partial charge < -0.3 is 4.90 Å². The minimum atomic E-state index is -2.17. The number of nitrogens with one attached hydrogen (secondary N) is 2. The lowest BCUT2D eigenvalue weighted by Gasteiger charge is -2.10. The van der Waals surface area contributed by atoms with Gasteiger partial charge in [0, 0.05) is 6.54 Å². The predicted molar refractivity (Wildman–Crippen MR) is 67.3 cm³/mol. The molecule has 0 radical (unpaired) electrons. The third kappa shape index (κ3) is 5.50. The second-order valence-corrected chi connectivity index (χ2v) is 5.93. The van der Waals surface area contributed by atoms with Crippen LogP contribution in [0.1, 0.15) is 0 Å². The Morgan fingerprint density at radius 2 is 1.89 bits per heavy atom. The molecular formula is C9H8Cl3N5O2. The maximum atomic E-state index is 11.1. The molecule has 102 valence electrons. The van der Waals surface area contributed by atoms with Crippen LogP contribution in [-0.4, -0.2) is 45.8 Å². The molecule has 2 N–H and O–H groups in total. The standard InChI is InChI=1S/C6H4Cl3N3O2.C3H4N2/c7-6(8,9)4(13)11-5(14)12-2-3(12)1-10;4-1-3-2-5-3/h3H,2H2,(H,11,13,14);3,5H,2H2. The zero-order valence-corrected chi connectivity index (χ0v) is 11.6. The molecule has 0 saturated carbocycles. The largest absolute Gasteiger partial charge is 0.325 e. The summed E-state index contributed by atoms with van der Waals surface area (Å²) in [5.74, 6) is -1.03. The average Bonchev–Trinajstić information content (AvgIpc) is 3.20. The van der Waals surface area contributed by atoms with E-state index in [-0.39, 0.29) is 12.6 Å². The Kier molecular flexibility index (Phi) is 5.21. The van der Waals surface area contributed by atoms with Crippen molar-refractivity contribution in [2.45, 2.75) is 15.9 Å². The first-order valence-corrected chi connectivity index (χ1v) is 6.14. The van der Waals surface area contributed by atoms with Crippen molar-refractivity contribution in [3.63, 3.8) is 0 Å². The molecule has 2 heterocycles. The summed E-state index contributed by atoms with van der Waals surface area (Å²) in [6.07, 6.45) is 0. The molecule has 3 amide bonds. The van der Waals surface area contributed by atoms with E-state index in [0.717, 1.165) is 11.4 Å². The van der Waals surface area contributed by atoms with Gasteiger partial charge in [0.1, 0.15) is 12.1 Å². The number of rotatable bonds is 0. The Bertz CT molecular complexity index is 460. The van der Waals surface area contributed by atoms with Gasteiger partial charge in [-0.1, -0.05) is 34.8 Å². The van der Waals surface area contributed by atoms with Gasteiger partial charge in [-0.25, -0.2) is 4.79 Å². The number of carbonyl (C=O) groups is 2. The average molecular weight is 325 g/mol. The third-order valence-corrected chi connectivity index (χ3v) is 2.58. The normalized spacial score (nSPS) is 23.1. The molecule has 0 aromatic carbocycles. The molecule has 0 aromatic heterocycles. The third-order valence-electron chi connectivity index (χ3n) is 2.06. The topological polar surface area (TPSA) is 119 Å². The van der Waals surface area contributed by atoms with E-state index in [4.69, 9.17) is 45.3 Å². The summed E-state index contributed by atoms with van der Waals surface area (Å²) in [5.41, 5.74) is 0. The zero-order chi connectivity index (χ0) is 14.6. The van der Waals surface area contributed by atoms with Gasteiger partial charge in [0.05, 0.1) is 18.7 Å². The molecule has 7 nitrogen and oxygen atoms in total. The van der Waals surface area contributed by atoms with Crippen molar-refractivity contribution < 1.29 is 9.59 Å². The summed E-state index contributed by atoms with van der Waals surface area (Å²) < 4.78 is -2.17. The van der Waals surface area contributed by atoms with Crippen molar-refractivity contribution in [2.24, 2.45) is 0 Å². The zero-order valence-electron chi connectivity index (χ0n) is 9.36. The fourth-order valence-electron chi connectivity index (χ4n) is 0.864. The van der Waals surface area contributed by atoms with E-state index in [1.165, 1.54) is 0 Å². The van der Waals surface area contributed by atoms with E-state index in [2.05, 4.69) is 5.32 Å². The highest BCUT2D eigenvalue weighted by Gasteiger charge is 2.41. The molecule has 10 heteroatoms. The number of nitriles is 2. The minimum Gasteiger partial charge on any atom is -0.303 e. The second-order valence-electron chi connectivity index (χ2n) is 3.64. The molecule has 2 rings (SSSR count). The fraction of sp³-hybridized carbons (Fsp3) is 0.556. The lowest BCUT2D eigenvalue weighted by atomic mass is 10.5. The van der Waals surface area contributed by atoms with Crippen molar-refractivity contribution in [1.29, 1.82) is 10.5 Å². The minimum absolute atomic E-state index is 0.190. The first kappa shape index (κ1) is 15.8. The van der Waals surface area contributed by atoms with E-state index >= 15 is 0 Å². The molecule has 2 atom stereocenters. The first-order valence-electron chi connectivity index (χ1n) is 5.01. The van der Waals surface area contributed by atoms with Crippen LogP contribution in [0.25, 0.3) is 0 Å². The Morgan fingerprint density at radius 1 is 1.32 bits per heavy atom. The molecule has 0 bridgehead atoms. The van der Waals surface area contributed by atoms with Crippen LogP contribution in [0.5, 0.6) is 0 Å². The number of urea groups is 1. The highest BCUT2D eigenvalue weighted by Crippen LogP contribution is 2.26. The fourth-order valence-corrected chi connectivity index (χ4v) is 1.01. The number of carbonyl (C=O) groups excluding carboxylic acids is 2. The number of imide groups is 1. The first-order chi connectivity index (χ1) is 8.79. The number of amides is 3. The van der Waals surface area contributed by atoms with Gasteiger partial charge >= 0.3 is 6.03 Å². The van der Waals surface area contributed by atoms with Gasteiger partial charge in [0.15, 0.2) is 0 Å². The van der Waals surface area contributed by atoms with Crippen LogP contribution in [0.2, 0.25) is 0 Å². The highest BCUT2D eigenvalue weighted by atomic mass is 35.6. The van der Waals surface area contributed by atoms with Gasteiger partial charge in [-0.05, 0) is 0 Å². The molecular weight excluding hydrogens is 316 g/mol. The lowest BCUT2D eigenvalue weighted by Crippen LogP contribution is -2.41. The summed E-state index contributed by atoms with van der Waals surface area (Å²) in [6, 6.07) is 2.84. The number of alkyl halides is 3. The highest BCUT2D eigenvalue weighted by molar-refractivity contribution is 6.76. The summed E-state index contributed by atoms with van der Waals surface area (Å²) >= 11 is 15.6. The Labute approximate surface area is 124 Å². The van der Waals surface area contributed by atoms with E-state index in [1.54, 1.807) is 0 Å². The summed E-state index contributed by atoms with van der Waals surface area (Å²) in [6.45, 7) is 1.19. The van der Waals surface area contributed by atoms with Crippen LogP contribution < -0.4 is 10.6 Å². The van der Waals surface area contributed by atoms with Crippen molar-refractivity contribution >= 4 is 46.7 Å². The number of halogens is 3. The molecule has 2 unspecified atom stereocenters. The number of hydrogen-bond acceptors (Lipinski definition) is 5. The Morgan fingerprint density at radius 3 is 2.16 bits per heavy atom. The number of nitrogens with zero attached hydrogens (tertiary/aromatic N) is 3. The predicted octanol–water partition coefficient (Wildman–Crippen LogP) is 0.282. The number of hydrogen-bond donors (Lipinski definition) is 2. The molecule has 19 heavy (non-hydrogen) atoms. The van der Waals surface area contributed by atoms with Gasteiger partial charge in [-0.15, -0.1) is 0 Å². The maximum absolute atomic E-state index is 11.1. The molecule has 2 fully saturated rings. The van der Waals surface area contributed by atoms with Crippen molar-refractivity contribution in [2.75, 3.05) is 13.1 Å². The van der Waals surface area contributed by atoms with E-state index < -0.39 is 21.8 Å². The molecule has 0 aliphatic carbocycles. The van der Waals surface area contributed by atoms with E-state index in [1.807, 2.05) is 17.5 Å². The van der Waals surface area contributed by atoms with Crippen LogP contribution in [0, 0.1) is 22.7 Å². The summed E-state index contributed by atoms with van der Waals surface area (Å²) in [5, 5.41) is 20.9. The second kappa shape index (κ2) is 6.27. The van der Waals surface area contributed by atoms with Crippen molar-refractivity contribution in [3.8, 4) is 12.1 Å². The van der Waals surface area contributed by atoms with Crippen LogP contribution in [-0.2, 0) is 4.79 Å². The Balaban J connectivity index is 0.000000300. The lowest BCUT2D eigenvalue weighted by molar-refractivity contribution is -0.119. The molecule has 0 aromatic rings. The van der Waals surface area contributed by atoms with Crippen LogP contribution in [0.3, 0.4) is 0 Å². The summed E-state index contributed by atoms with van der Waals surface area (Å²) in [7, 11) is 0. The van der Waals surface area contributed by atoms with E-state index in [9.17, 15) is 9.59 Å². The van der Waals surface area contributed by atoms with Crippen LogP contribution in [0.15, 0.2) is 0 Å². The maximum Gasteiger partial charge on any atom is 0.325 e. The van der Waals surface area contributed by atoms with Gasteiger partial charge in [-0.3, -0.25) is 15.4 Å². The van der Waals surface area contributed by atoms with Crippen LogP contribution in [0.4, 0.5) is 4.79 Å². The smallest absolute Gasteiger partial charge is 0.303 e. The quantitative estimate of drug-likeness (QED) is 0.490. The summed E-state index contributed by atoms with van der Waals surface area (Å²) in [4.78, 5) is 23.2. The van der Waals surface area contributed by atoms with Crippen molar-refractivity contribution in [3.05, 3.63) is 0 Å². The van der Waals surface area contributed by atoms with Crippen LogP contribution >= 0.6 is 34.8 Å². The van der Waals surface area contributed by atoms with Gasteiger partial charge in [-0.2, -0.15) is 10.5 Å². The van der Waals surface area contributed by atoms with E-state index in [0.29, 0.717) is 0 Å². The Hall–Kier alpha value is -1.25. The van der Waals surface area contributed by atoms with Gasteiger partial charge in [0.25, 0.3) is 9.70 Å². The monoisotopic (exact) mass is 323 g/mol. The van der Waals surface area contributed by atoms with Crippen molar-refractivity contribution in [1.82, 2.24) is 15.5 Å².